The molecule has 2 heterocycles. The van der Waals surface area contributed by atoms with Crippen LogP contribution in [0.1, 0.15) is 27.4 Å². The lowest BCUT2D eigenvalue weighted by molar-refractivity contribution is 0.0382. The Balaban J connectivity index is 1.46. The van der Waals surface area contributed by atoms with Crippen LogP contribution in [-0.4, -0.2) is 50.2 Å². The zero-order chi connectivity index (χ0) is 18.4. The van der Waals surface area contributed by atoms with E-state index in [-0.39, 0.29) is 5.91 Å². The number of nitrogens with zero attached hydrogens (tertiary/aromatic N) is 1. The van der Waals surface area contributed by atoms with Crippen molar-refractivity contribution in [2.75, 3.05) is 39.4 Å². The Hall–Kier alpha value is -2.31. The van der Waals surface area contributed by atoms with Crippen LogP contribution in [0.25, 0.3) is 0 Å². The molecule has 3 rings (SSSR count). The summed E-state index contributed by atoms with van der Waals surface area (Å²) in [5.74, 6) is 1.57. The molecule has 1 saturated heterocycles. The highest BCUT2D eigenvalue weighted by Crippen LogP contribution is 2.21. The van der Waals surface area contributed by atoms with Gasteiger partial charge < -0.3 is 19.2 Å². The maximum absolute atomic E-state index is 12.2. The lowest BCUT2D eigenvalue weighted by Gasteiger charge is -2.26. The average molecular weight is 358 g/mol. The quantitative estimate of drug-likeness (QED) is 0.824. The van der Waals surface area contributed by atoms with Crippen LogP contribution in [-0.2, 0) is 11.3 Å². The number of nitrogens with one attached hydrogen (secondary N) is 1. The summed E-state index contributed by atoms with van der Waals surface area (Å²) in [4.78, 5) is 14.5. The monoisotopic (exact) mass is 358 g/mol. The first-order valence-electron chi connectivity index (χ1n) is 8.99. The average Bonchev–Trinajstić information content (AvgIpc) is 3.12. The van der Waals surface area contributed by atoms with Crippen molar-refractivity contribution in [3.8, 4) is 5.75 Å². The van der Waals surface area contributed by atoms with Gasteiger partial charge in [0.05, 0.1) is 13.2 Å². The number of carbonyl (C=O) groups is 1. The zero-order valence-electron chi connectivity index (χ0n) is 15.4. The van der Waals surface area contributed by atoms with Crippen LogP contribution in [0.15, 0.2) is 34.7 Å². The molecule has 0 radical (unpaired) electrons. The molecule has 1 aromatic heterocycles. The Morgan fingerprint density at radius 1 is 1.19 bits per heavy atom. The minimum atomic E-state index is -0.198. The van der Waals surface area contributed by atoms with Gasteiger partial charge in [0, 0.05) is 26.2 Å². The molecule has 1 aliphatic heterocycles. The molecule has 6 nitrogen and oxygen atoms in total. The molecule has 1 amide bonds. The van der Waals surface area contributed by atoms with Crippen LogP contribution in [0.5, 0.6) is 5.75 Å². The maximum Gasteiger partial charge on any atom is 0.287 e. The smallest absolute Gasteiger partial charge is 0.287 e. The summed E-state index contributed by atoms with van der Waals surface area (Å²) in [5.41, 5.74) is 2.22. The third-order valence-electron chi connectivity index (χ3n) is 4.42. The van der Waals surface area contributed by atoms with Crippen molar-refractivity contribution in [3.05, 3.63) is 53.0 Å². The summed E-state index contributed by atoms with van der Waals surface area (Å²) in [5, 5.41) is 2.89. The molecule has 6 heteroatoms. The molecule has 1 aliphatic rings. The Bertz CT molecular complexity index is 735. The summed E-state index contributed by atoms with van der Waals surface area (Å²) < 4.78 is 16.7. The van der Waals surface area contributed by atoms with Gasteiger partial charge in [0.2, 0.25) is 0 Å². The van der Waals surface area contributed by atoms with E-state index in [0.29, 0.717) is 24.7 Å². The predicted molar refractivity (Wildman–Crippen MR) is 98.5 cm³/mol. The lowest BCUT2D eigenvalue weighted by atomic mass is 10.1. The van der Waals surface area contributed by atoms with Gasteiger partial charge in [-0.2, -0.15) is 0 Å². The Kier molecular flexibility index (Phi) is 6.30. The molecule has 1 fully saturated rings. The molecule has 0 spiro atoms. The summed E-state index contributed by atoms with van der Waals surface area (Å²) in [6.45, 7) is 9.08. The number of hydrogen-bond acceptors (Lipinski definition) is 5. The molecule has 0 saturated carbocycles. The molecule has 0 bridgehead atoms. The molecule has 1 N–H and O–H groups in total. The van der Waals surface area contributed by atoms with Crippen molar-refractivity contribution in [3.63, 3.8) is 0 Å². The number of hydrogen-bond donors (Lipinski definition) is 1. The minimum absolute atomic E-state index is 0.198. The van der Waals surface area contributed by atoms with Crippen LogP contribution in [0.3, 0.4) is 0 Å². The lowest BCUT2D eigenvalue weighted by Crippen LogP contribution is -2.41. The molecule has 140 valence electrons. The molecular formula is C20H26N2O4. The standard InChI is InChI=1S/C20H26N2O4/c1-15-3-4-16(2)19(13-15)25-14-17-5-6-18(26-17)20(23)21-7-8-22-9-11-24-12-10-22/h3-6,13H,7-12,14H2,1-2H3,(H,21,23). The van der Waals surface area contributed by atoms with Crippen molar-refractivity contribution >= 4 is 5.91 Å². The second kappa shape index (κ2) is 8.87. The van der Waals surface area contributed by atoms with Crippen LogP contribution in [0.4, 0.5) is 0 Å². The van der Waals surface area contributed by atoms with Gasteiger partial charge in [0.15, 0.2) is 5.76 Å². The number of furan rings is 1. The van der Waals surface area contributed by atoms with E-state index in [1.807, 2.05) is 26.0 Å². The van der Waals surface area contributed by atoms with Crippen LogP contribution < -0.4 is 10.1 Å². The third kappa shape index (κ3) is 5.09. The summed E-state index contributed by atoms with van der Waals surface area (Å²) in [6.07, 6.45) is 0. The van der Waals surface area contributed by atoms with Crippen molar-refractivity contribution in [1.29, 1.82) is 0 Å². The number of morpholine rings is 1. The third-order valence-corrected chi connectivity index (χ3v) is 4.42. The fourth-order valence-electron chi connectivity index (χ4n) is 2.83. The van der Waals surface area contributed by atoms with Gasteiger partial charge in [-0.25, -0.2) is 0 Å². The van der Waals surface area contributed by atoms with Gasteiger partial charge in [0.1, 0.15) is 18.1 Å². The van der Waals surface area contributed by atoms with E-state index < -0.39 is 0 Å². The van der Waals surface area contributed by atoms with Crippen molar-refractivity contribution in [1.82, 2.24) is 10.2 Å². The summed E-state index contributed by atoms with van der Waals surface area (Å²) >= 11 is 0. The summed E-state index contributed by atoms with van der Waals surface area (Å²) in [7, 11) is 0. The number of rotatable bonds is 7. The highest BCUT2D eigenvalue weighted by atomic mass is 16.5. The molecule has 1 aromatic carbocycles. The van der Waals surface area contributed by atoms with Crippen LogP contribution >= 0.6 is 0 Å². The van der Waals surface area contributed by atoms with E-state index in [1.54, 1.807) is 12.1 Å². The van der Waals surface area contributed by atoms with Gasteiger partial charge >= 0.3 is 0 Å². The molecule has 0 atom stereocenters. The van der Waals surface area contributed by atoms with E-state index in [0.717, 1.165) is 49.7 Å². The second-order valence-corrected chi connectivity index (χ2v) is 6.53. The number of ether oxygens (including phenoxy) is 2. The van der Waals surface area contributed by atoms with Gasteiger partial charge in [-0.1, -0.05) is 12.1 Å². The molecule has 0 aliphatic carbocycles. The Morgan fingerprint density at radius 2 is 2.00 bits per heavy atom. The topological polar surface area (TPSA) is 63.9 Å². The fraction of sp³-hybridized carbons (Fsp3) is 0.450. The number of carbonyl (C=O) groups excluding carboxylic acids is 1. The largest absolute Gasteiger partial charge is 0.485 e. The zero-order valence-corrected chi connectivity index (χ0v) is 15.4. The first kappa shape index (κ1) is 18.5. The number of amides is 1. The van der Waals surface area contributed by atoms with Crippen molar-refractivity contribution in [2.24, 2.45) is 0 Å². The number of benzene rings is 1. The summed E-state index contributed by atoms with van der Waals surface area (Å²) in [6, 6.07) is 9.54. The normalized spacial score (nSPS) is 15.0. The van der Waals surface area contributed by atoms with E-state index in [9.17, 15) is 4.79 Å². The SMILES string of the molecule is Cc1ccc(C)c(OCc2ccc(C(=O)NCCN3CCOCC3)o2)c1. The first-order valence-corrected chi connectivity index (χ1v) is 8.99. The number of aryl methyl sites for hydroxylation is 2. The van der Waals surface area contributed by atoms with Crippen LogP contribution in [0, 0.1) is 13.8 Å². The van der Waals surface area contributed by atoms with Gasteiger partial charge in [-0.05, 0) is 43.2 Å². The molecule has 0 unspecified atom stereocenters. The van der Waals surface area contributed by atoms with E-state index in [2.05, 4.69) is 16.3 Å². The Labute approximate surface area is 154 Å². The predicted octanol–water partition coefficient (Wildman–Crippen LogP) is 2.54. The molecule has 26 heavy (non-hydrogen) atoms. The van der Waals surface area contributed by atoms with Crippen LogP contribution in [0.2, 0.25) is 0 Å². The van der Waals surface area contributed by atoms with Gasteiger partial charge in [-0.3, -0.25) is 9.69 Å². The van der Waals surface area contributed by atoms with E-state index in [4.69, 9.17) is 13.9 Å². The van der Waals surface area contributed by atoms with Crippen molar-refractivity contribution < 1.29 is 18.7 Å². The second-order valence-electron chi connectivity index (χ2n) is 6.53. The fourth-order valence-corrected chi connectivity index (χ4v) is 2.83. The first-order chi connectivity index (χ1) is 12.6. The Morgan fingerprint density at radius 3 is 2.81 bits per heavy atom. The molecule has 2 aromatic rings. The highest BCUT2D eigenvalue weighted by molar-refractivity contribution is 5.91. The van der Waals surface area contributed by atoms with Gasteiger partial charge in [0.25, 0.3) is 5.91 Å². The van der Waals surface area contributed by atoms with Gasteiger partial charge in [-0.15, -0.1) is 0 Å². The van der Waals surface area contributed by atoms with E-state index in [1.165, 1.54) is 0 Å². The highest BCUT2D eigenvalue weighted by Gasteiger charge is 2.13. The maximum atomic E-state index is 12.2. The van der Waals surface area contributed by atoms with E-state index >= 15 is 0 Å². The minimum Gasteiger partial charge on any atom is -0.485 e. The van der Waals surface area contributed by atoms with Crippen molar-refractivity contribution in [2.45, 2.75) is 20.5 Å². The molecular weight excluding hydrogens is 332 g/mol.